The lowest BCUT2D eigenvalue weighted by Crippen LogP contribution is -2.41. The van der Waals surface area contributed by atoms with Crippen molar-refractivity contribution in [1.29, 1.82) is 0 Å². The van der Waals surface area contributed by atoms with Gasteiger partial charge in [-0.3, -0.25) is 19.7 Å². The van der Waals surface area contributed by atoms with E-state index >= 15 is 0 Å². The summed E-state index contributed by atoms with van der Waals surface area (Å²) in [5, 5.41) is 10.9. The Labute approximate surface area is 137 Å². The summed E-state index contributed by atoms with van der Waals surface area (Å²) in [4.78, 5) is 35.6. The summed E-state index contributed by atoms with van der Waals surface area (Å²) in [5.41, 5.74) is 4.99. The topological polar surface area (TPSA) is 116 Å². The van der Waals surface area contributed by atoms with Gasteiger partial charge in [0.05, 0.1) is 17.6 Å². The van der Waals surface area contributed by atoms with E-state index < -0.39 is 4.92 Å². The number of nitrogens with two attached hydrogens (primary N) is 1. The van der Waals surface area contributed by atoms with Crippen molar-refractivity contribution in [2.24, 2.45) is 11.7 Å². The quantitative estimate of drug-likeness (QED) is 0.659. The minimum atomic E-state index is -0.666. The molecule has 0 radical (unpaired) electrons. The lowest BCUT2D eigenvalue weighted by molar-refractivity contribution is -0.384. The molecule has 2 amide bonds. The molecule has 1 aliphatic rings. The number of methoxy groups -OCH3 is 1. The fourth-order valence-corrected chi connectivity index (χ4v) is 2.79. The van der Waals surface area contributed by atoms with Crippen LogP contribution in [0.25, 0.3) is 0 Å². The molecule has 2 rings (SSSR count). The number of nitrogens with zero attached hydrogens (tertiary/aromatic N) is 2. The predicted octanol–water partition coefficient (Wildman–Crippen LogP) is 1.59. The number of amides is 2. The van der Waals surface area contributed by atoms with Crippen LogP contribution in [0, 0.1) is 16.0 Å². The van der Waals surface area contributed by atoms with Crippen LogP contribution in [0.1, 0.15) is 23.2 Å². The summed E-state index contributed by atoms with van der Waals surface area (Å²) in [7, 11) is 1.32. The highest BCUT2D eigenvalue weighted by Crippen LogP contribution is 2.35. The molecule has 0 unspecified atom stereocenters. The first-order chi connectivity index (χ1) is 10.8. The van der Waals surface area contributed by atoms with Crippen LogP contribution in [0.3, 0.4) is 0 Å². The second-order valence-corrected chi connectivity index (χ2v) is 5.62. The Kier molecular flexibility index (Phi) is 5.05. The van der Waals surface area contributed by atoms with Crippen molar-refractivity contribution < 1.29 is 19.2 Å². The molecule has 2 N–H and O–H groups in total. The number of piperidine rings is 1. The second-order valence-electron chi connectivity index (χ2n) is 5.24. The van der Waals surface area contributed by atoms with Crippen molar-refractivity contribution in [3.05, 3.63) is 32.8 Å². The van der Waals surface area contributed by atoms with Crippen LogP contribution in [-0.2, 0) is 4.79 Å². The minimum Gasteiger partial charge on any atom is -0.495 e. The van der Waals surface area contributed by atoms with Gasteiger partial charge < -0.3 is 15.4 Å². The van der Waals surface area contributed by atoms with E-state index in [1.54, 1.807) is 0 Å². The molecule has 0 atom stereocenters. The van der Waals surface area contributed by atoms with Crippen LogP contribution in [0.5, 0.6) is 5.75 Å². The van der Waals surface area contributed by atoms with Crippen molar-refractivity contribution in [1.82, 2.24) is 4.90 Å². The number of likely N-dealkylation sites (tertiary alicyclic amines) is 1. The SMILES string of the molecule is COc1cc(C(=O)N2CCC(C(N)=O)CC2)cc([N+](=O)[O-])c1Cl. The smallest absolute Gasteiger partial charge is 0.292 e. The molecule has 1 saturated heterocycles. The van der Waals surface area contributed by atoms with Gasteiger partial charge >= 0.3 is 0 Å². The van der Waals surface area contributed by atoms with Crippen LogP contribution in [0.2, 0.25) is 5.02 Å². The van der Waals surface area contributed by atoms with E-state index in [0.717, 1.165) is 6.07 Å². The summed E-state index contributed by atoms with van der Waals surface area (Å²) in [6.45, 7) is 0.732. The average Bonchev–Trinajstić information content (AvgIpc) is 2.54. The van der Waals surface area contributed by atoms with Crippen LogP contribution in [0.15, 0.2) is 12.1 Å². The molecule has 1 aliphatic heterocycles. The number of hydrogen-bond acceptors (Lipinski definition) is 5. The summed E-state index contributed by atoms with van der Waals surface area (Å²) >= 11 is 5.88. The Balaban J connectivity index is 2.25. The highest BCUT2D eigenvalue weighted by Gasteiger charge is 2.28. The van der Waals surface area contributed by atoms with Gasteiger partial charge in [0.25, 0.3) is 11.6 Å². The summed E-state index contributed by atoms with van der Waals surface area (Å²) < 4.78 is 4.99. The average molecular weight is 342 g/mol. The van der Waals surface area contributed by atoms with E-state index in [2.05, 4.69) is 0 Å². The van der Waals surface area contributed by atoms with E-state index in [4.69, 9.17) is 22.1 Å². The molecule has 0 aromatic heterocycles. The zero-order valence-electron chi connectivity index (χ0n) is 12.5. The van der Waals surface area contributed by atoms with Crippen molar-refractivity contribution in [3.63, 3.8) is 0 Å². The zero-order chi connectivity index (χ0) is 17.1. The number of benzene rings is 1. The maximum atomic E-state index is 12.5. The number of rotatable bonds is 4. The highest BCUT2D eigenvalue weighted by molar-refractivity contribution is 6.34. The molecule has 1 aromatic rings. The monoisotopic (exact) mass is 341 g/mol. The maximum Gasteiger partial charge on any atom is 0.292 e. The first-order valence-electron chi connectivity index (χ1n) is 6.95. The number of nitro benzene ring substituents is 1. The molecule has 1 heterocycles. The van der Waals surface area contributed by atoms with Gasteiger partial charge in [-0.2, -0.15) is 0 Å². The first-order valence-corrected chi connectivity index (χ1v) is 7.33. The third kappa shape index (κ3) is 3.53. The van der Waals surface area contributed by atoms with Gasteiger partial charge in [0.1, 0.15) is 5.75 Å². The molecule has 124 valence electrons. The Hall–Kier alpha value is -2.35. The van der Waals surface area contributed by atoms with Gasteiger partial charge in [-0.25, -0.2) is 0 Å². The maximum absolute atomic E-state index is 12.5. The van der Waals surface area contributed by atoms with Crippen LogP contribution in [0.4, 0.5) is 5.69 Å². The largest absolute Gasteiger partial charge is 0.495 e. The number of halogens is 1. The zero-order valence-corrected chi connectivity index (χ0v) is 13.2. The van der Waals surface area contributed by atoms with Crippen LogP contribution < -0.4 is 10.5 Å². The van der Waals surface area contributed by atoms with Gasteiger partial charge in [-0.1, -0.05) is 11.6 Å². The van der Waals surface area contributed by atoms with E-state index in [9.17, 15) is 19.7 Å². The molecular formula is C14H16ClN3O5. The Morgan fingerprint density at radius 3 is 2.48 bits per heavy atom. The Morgan fingerprint density at radius 1 is 1.39 bits per heavy atom. The van der Waals surface area contributed by atoms with Crippen LogP contribution in [-0.4, -0.2) is 41.8 Å². The molecule has 1 fully saturated rings. The minimum absolute atomic E-state index is 0.0660. The lowest BCUT2D eigenvalue weighted by Gasteiger charge is -2.30. The molecule has 9 heteroatoms. The number of nitro groups is 1. The van der Waals surface area contributed by atoms with Gasteiger partial charge in [0.2, 0.25) is 5.91 Å². The number of ether oxygens (including phenoxy) is 1. The molecule has 0 bridgehead atoms. The number of carbonyl (C=O) groups excluding carboxylic acids is 2. The predicted molar refractivity (Wildman–Crippen MR) is 82.5 cm³/mol. The highest BCUT2D eigenvalue weighted by atomic mass is 35.5. The van der Waals surface area contributed by atoms with Crippen molar-refractivity contribution in [2.45, 2.75) is 12.8 Å². The van der Waals surface area contributed by atoms with Crippen LogP contribution >= 0.6 is 11.6 Å². The number of hydrogen-bond donors (Lipinski definition) is 1. The third-order valence-electron chi connectivity index (χ3n) is 3.87. The number of primary amides is 1. The van der Waals surface area contributed by atoms with Gasteiger partial charge in [0, 0.05) is 25.1 Å². The van der Waals surface area contributed by atoms with Gasteiger partial charge in [0.15, 0.2) is 5.02 Å². The fourth-order valence-electron chi connectivity index (χ4n) is 2.54. The van der Waals surface area contributed by atoms with E-state index in [-0.39, 0.29) is 39.8 Å². The molecule has 0 aliphatic carbocycles. The second kappa shape index (κ2) is 6.82. The van der Waals surface area contributed by atoms with Crippen molar-refractivity contribution in [3.8, 4) is 5.75 Å². The summed E-state index contributed by atoms with van der Waals surface area (Å²) in [6.07, 6.45) is 0.960. The molecule has 1 aromatic carbocycles. The Morgan fingerprint density at radius 2 is 2.00 bits per heavy atom. The third-order valence-corrected chi connectivity index (χ3v) is 4.25. The van der Waals surface area contributed by atoms with Crippen molar-refractivity contribution in [2.75, 3.05) is 20.2 Å². The van der Waals surface area contributed by atoms with Gasteiger partial charge in [-0.05, 0) is 18.9 Å². The molecule has 0 saturated carbocycles. The molecule has 0 spiro atoms. The summed E-state index contributed by atoms with van der Waals surface area (Å²) in [6, 6.07) is 2.51. The summed E-state index contributed by atoms with van der Waals surface area (Å²) in [5.74, 6) is -0.920. The fraction of sp³-hybridized carbons (Fsp3) is 0.429. The van der Waals surface area contributed by atoms with Gasteiger partial charge in [-0.15, -0.1) is 0 Å². The first kappa shape index (κ1) is 17.0. The normalized spacial score (nSPS) is 15.3. The standard InChI is InChI=1S/C14H16ClN3O5/c1-23-11-7-9(6-10(12(11)15)18(21)22)14(20)17-4-2-8(3-5-17)13(16)19/h6-8H,2-5H2,1H3,(H2,16,19). The van der Waals surface area contributed by atoms with E-state index in [1.165, 1.54) is 18.1 Å². The molecular weight excluding hydrogens is 326 g/mol. The molecule has 23 heavy (non-hydrogen) atoms. The lowest BCUT2D eigenvalue weighted by atomic mass is 9.96. The van der Waals surface area contributed by atoms with E-state index in [1.807, 2.05) is 0 Å². The molecule has 8 nitrogen and oxygen atoms in total. The Bertz CT molecular complexity index is 656. The van der Waals surface area contributed by atoms with Crippen molar-refractivity contribution >= 4 is 29.1 Å². The number of carbonyl (C=O) groups is 2. The van der Waals surface area contributed by atoms with E-state index in [0.29, 0.717) is 25.9 Å².